The maximum absolute atomic E-state index is 13.4. The molecule has 3 saturated heterocycles. The monoisotopic (exact) mass is 1060 g/mol. The van der Waals surface area contributed by atoms with Crippen molar-refractivity contribution in [3.8, 4) is 0 Å². The van der Waals surface area contributed by atoms with Crippen molar-refractivity contribution >= 4 is 56.2 Å². The number of amides is 1. The summed E-state index contributed by atoms with van der Waals surface area (Å²) in [6.45, 7) is 13.7. The number of halogens is 4. The van der Waals surface area contributed by atoms with Gasteiger partial charge in [-0.05, 0) is 95.7 Å². The van der Waals surface area contributed by atoms with E-state index in [0.717, 1.165) is 134 Å². The molecule has 4 aliphatic rings. The van der Waals surface area contributed by atoms with E-state index in [1.165, 1.54) is 34.6 Å². The minimum atomic E-state index is -4.12. The average Bonchev–Trinajstić information content (AvgIpc) is 3.34. The van der Waals surface area contributed by atoms with Gasteiger partial charge in [0.2, 0.25) is 10.0 Å². The first-order valence-corrected chi connectivity index (χ1v) is 26.3. The molecule has 0 saturated carbocycles. The third-order valence-corrected chi connectivity index (χ3v) is 15.9. The summed E-state index contributed by atoms with van der Waals surface area (Å²) in [5.41, 5.74) is 6.58. The third-order valence-electron chi connectivity index (χ3n) is 13.1. The molecule has 3 fully saturated rings. The standard InChI is InChI=1S/C50H63ClN7O4S2.CF3.H2O.Sc/c1-50(38-57-25-22-52-23-26-57)21-19-48(39-7-11-42(51)12-8-39)41(35-50)36-56-27-29-58(30-28-56)45-15-9-40(10-16-45)49(59)54-64(60,61)47-17-13-43(14-18-47)53-44(20-24-55-31-33-62-34-32-55)37-63-46-5-3-2-4-6-46;2-1(3)4;;/h2-13,15-18,44,52-53H,19-38H2,1H3,(H,54,59);;1H2;/q2*-1;;/t44-,50?;;;/m1.../s1. The fraction of sp³-hybridized carbons (Fsp3) is 0.451. The second-order valence-electron chi connectivity index (χ2n) is 18.2. The molecule has 1 unspecified atom stereocenters. The zero-order chi connectivity index (χ0) is 47.9. The molecular formula is C51H65ClF3N7O5S2Sc-2. The van der Waals surface area contributed by atoms with E-state index in [1.54, 1.807) is 35.5 Å². The topological polar surface area (TPSA) is 141 Å². The Morgan fingerprint density at radius 1 is 0.886 bits per heavy atom. The number of piperazine rings is 2. The van der Waals surface area contributed by atoms with Crippen LogP contribution in [-0.4, -0.2) is 145 Å². The number of allylic oxidation sites excluding steroid dienone is 1. The molecule has 0 aromatic heterocycles. The van der Waals surface area contributed by atoms with Crippen LogP contribution in [0.15, 0.2) is 112 Å². The number of thioether (sulfide) groups is 1. The van der Waals surface area contributed by atoms with Gasteiger partial charge in [0, 0.05) is 144 Å². The summed E-state index contributed by atoms with van der Waals surface area (Å²) < 4.78 is 63.3. The third kappa shape index (κ3) is 17.7. The van der Waals surface area contributed by atoms with Crippen LogP contribution in [0, 0.1) is 18.2 Å². The first-order chi connectivity index (χ1) is 32.8. The molecule has 2 atom stereocenters. The second-order valence-corrected chi connectivity index (χ2v) is 21.4. The SMILES string of the molecule is CC1(CN2CCNCC2)CCC(c2ccc(Cl)cc2)=C(CN2CCN(c3ccc(C(=O)NS(=O)(=O)c4c[c-]c(N[C@H](CCN5CCOCC5)CSc5ccccc5)cc4)cc3)CC2)C1.F[C-](F)F.O.[Sc]. The van der Waals surface area contributed by atoms with Gasteiger partial charge in [-0.2, -0.15) is 18.2 Å². The van der Waals surface area contributed by atoms with E-state index < -0.39 is 22.6 Å². The van der Waals surface area contributed by atoms with Crippen LogP contribution in [0.5, 0.6) is 0 Å². The molecule has 0 bridgehead atoms. The van der Waals surface area contributed by atoms with Crippen LogP contribution < -0.4 is 20.3 Å². The van der Waals surface area contributed by atoms with E-state index in [4.69, 9.17) is 16.3 Å². The van der Waals surface area contributed by atoms with E-state index in [0.29, 0.717) is 5.69 Å². The van der Waals surface area contributed by atoms with E-state index in [1.807, 2.05) is 42.5 Å². The van der Waals surface area contributed by atoms with Crippen molar-refractivity contribution < 1.29 is 62.4 Å². The Bertz CT molecular complexity index is 2340. The molecule has 1 radical (unpaired) electrons. The van der Waals surface area contributed by atoms with Crippen molar-refractivity contribution in [1.82, 2.24) is 24.7 Å². The number of carbonyl (C=O) groups is 1. The zero-order valence-electron chi connectivity index (χ0n) is 39.8. The van der Waals surface area contributed by atoms with Gasteiger partial charge in [-0.3, -0.25) is 19.3 Å². The zero-order valence-corrected chi connectivity index (χ0v) is 44.0. The van der Waals surface area contributed by atoms with Crippen molar-refractivity contribution in [2.24, 2.45) is 5.41 Å². The molecule has 3 heterocycles. The molecule has 4 aromatic rings. The summed E-state index contributed by atoms with van der Waals surface area (Å²) in [5.74, 6) is 0.177. The van der Waals surface area contributed by atoms with Crippen molar-refractivity contribution in [3.63, 3.8) is 0 Å². The van der Waals surface area contributed by atoms with E-state index >= 15 is 0 Å². The molecule has 19 heteroatoms. The van der Waals surface area contributed by atoms with E-state index in [2.05, 4.69) is 72.2 Å². The largest absolute Gasteiger partial charge is 0.412 e. The fourth-order valence-corrected chi connectivity index (χ4v) is 11.5. The van der Waals surface area contributed by atoms with Crippen molar-refractivity contribution in [2.75, 3.05) is 114 Å². The van der Waals surface area contributed by atoms with Gasteiger partial charge in [0.25, 0.3) is 5.91 Å². The number of rotatable bonds is 17. The first kappa shape index (κ1) is 57.6. The minimum absolute atomic E-state index is 0. The van der Waals surface area contributed by atoms with Gasteiger partial charge in [0.1, 0.15) is 0 Å². The Labute approximate surface area is 440 Å². The normalized spacial score (nSPS) is 19.8. The molecule has 1 amide bonds. The number of hydrogen-bond donors (Lipinski definition) is 3. The van der Waals surface area contributed by atoms with Crippen LogP contribution in [0.3, 0.4) is 0 Å². The molecule has 4 aromatic carbocycles. The molecule has 3 aliphatic heterocycles. The van der Waals surface area contributed by atoms with Gasteiger partial charge in [0.05, 0.1) is 13.2 Å². The number of hydrogen-bond acceptors (Lipinski definition) is 11. The molecule has 379 valence electrons. The Morgan fingerprint density at radius 3 is 2.20 bits per heavy atom. The van der Waals surface area contributed by atoms with Gasteiger partial charge in [-0.25, -0.2) is 8.42 Å². The average molecular weight is 1060 g/mol. The second kappa shape index (κ2) is 28.2. The predicted molar refractivity (Wildman–Crippen MR) is 271 cm³/mol. The number of sulfonamides is 1. The summed E-state index contributed by atoms with van der Waals surface area (Å²) in [6.07, 6.45) is 4.28. The number of morpholine rings is 1. The Hall–Kier alpha value is -3.30. The smallest absolute Gasteiger partial charge is 0.264 e. The van der Waals surface area contributed by atoms with Crippen LogP contribution in [0.2, 0.25) is 5.02 Å². The van der Waals surface area contributed by atoms with E-state index in [-0.39, 0.29) is 53.2 Å². The number of nitrogens with zero attached hydrogens (tertiary/aromatic N) is 4. The van der Waals surface area contributed by atoms with Crippen molar-refractivity contribution in [1.29, 1.82) is 0 Å². The summed E-state index contributed by atoms with van der Waals surface area (Å²) >= 11 is 8.09. The maximum Gasteiger partial charge on any atom is 0.264 e. The number of carbonyl (C=O) groups excluding carboxylic acids is 1. The molecule has 1 aliphatic carbocycles. The van der Waals surface area contributed by atoms with Crippen LogP contribution >= 0.6 is 23.4 Å². The molecule has 5 N–H and O–H groups in total. The molecular weight excluding hydrogens is 992 g/mol. The number of ether oxygens (including phenoxy) is 1. The van der Waals surface area contributed by atoms with Crippen LogP contribution in [0.25, 0.3) is 5.57 Å². The van der Waals surface area contributed by atoms with Gasteiger partial charge in [-0.1, -0.05) is 60.1 Å². The predicted octanol–water partition coefficient (Wildman–Crippen LogP) is 7.74. The van der Waals surface area contributed by atoms with E-state index in [9.17, 15) is 26.4 Å². The quantitative estimate of drug-likeness (QED) is 0.0707. The summed E-state index contributed by atoms with van der Waals surface area (Å²) in [4.78, 5) is 24.5. The van der Waals surface area contributed by atoms with Crippen LogP contribution in [0.4, 0.5) is 24.5 Å². The molecule has 70 heavy (non-hydrogen) atoms. The summed E-state index contributed by atoms with van der Waals surface area (Å²) in [5, 5.41) is 7.84. The summed E-state index contributed by atoms with van der Waals surface area (Å²) in [7, 11) is -4.12. The molecule has 12 nitrogen and oxygen atoms in total. The maximum atomic E-state index is 13.4. The molecule has 0 spiro atoms. The minimum Gasteiger partial charge on any atom is -0.412 e. The van der Waals surface area contributed by atoms with Crippen LogP contribution in [-0.2, 0) is 40.6 Å². The van der Waals surface area contributed by atoms with Gasteiger partial charge in [0.15, 0.2) is 6.68 Å². The van der Waals surface area contributed by atoms with Gasteiger partial charge >= 0.3 is 0 Å². The number of anilines is 2. The van der Waals surface area contributed by atoms with Crippen molar-refractivity contribution in [3.05, 3.63) is 132 Å². The van der Waals surface area contributed by atoms with Crippen molar-refractivity contribution in [2.45, 2.75) is 48.4 Å². The number of nitrogens with one attached hydrogen (secondary N) is 3. The molecule has 8 rings (SSSR count). The Balaban J connectivity index is 0.00000147. The Morgan fingerprint density at radius 2 is 1.56 bits per heavy atom. The summed E-state index contributed by atoms with van der Waals surface area (Å²) in [6, 6.07) is 33.9. The first-order valence-electron chi connectivity index (χ1n) is 23.4. The number of benzene rings is 4. The Kier molecular flexibility index (Phi) is 23.2. The van der Waals surface area contributed by atoms with Gasteiger partial charge < -0.3 is 43.8 Å². The van der Waals surface area contributed by atoms with Crippen LogP contribution in [0.1, 0.15) is 48.5 Å². The fourth-order valence-electron chi connectivity index (χ4n) is 9.47. The van der Waals surface area contributed by atoms with Gasteiger partial charge in [-0.15, -0.1) is 17.8 Å².